The molecule has 0 fully saturated rings. The Kier molecular flexibility index (Phi) is 3.50. The molecule has 1 aromatic rings. The predicted molar refractivity (Wildman–Crippen MR) is 64.2 cm³/mol. The summed E-state index contributed by atoms with van der Waals surface area (Å²) in [6.07, 6.45) is 2.55. The highest BCUT2D eigenvalue weighted by molar-refractivity contribution is 6.36. The molecule has 0 bridgehead atoms. The summed E-state index contributed by atoms with van der Waals surface area (Å²) in [6, 6.07) is 0. The number of rotatable bonds is 4. The van der Waals surface area contributed by atoms with Gasteiger partial charge in [0.25, 0.3) is 5.91 Å². The lowest BCUT2D eigenvalue weighted by Crippen LogP contribution is -2.37. The Morgan fingerprint density at radius 3 is 2.89 bits per heavy atom. The molecule has 19 heavy (non-hydrogen) atoms. The summed E-state index contributed by atoms with van der Waals surface area (Å²) in [4.78, 5) is 33.1. The third-order valence-electron chi connectivity index (χ3n) is 2.87. The molecule has 1 aliphatic heterocycles. The van der Waals surface area contributed by atoms with Crippen molar-refractivity contribution in [2.45, 2.75) is 19.1 Å². The zero-order valence-corrected chi connectivity index (χ0v) is 10.6. The van der Waals surface area contributed by atoms with Gasteiger partial charge in [-0.05, 0) is 0 Å². The van der Waals surface area contributed by atoms with Gasteiger partial charge in [-0.15, -0.1) is 0 Å². The smallest absolute Gasteiger partial charge is 0.353 e. The molecule has 0 aliphatic carbocycles. The molecule has 8 heteroatoms. The van der Waals surface area contributed by atoms with Crippen LogP contribution in [0, 0.1) is 0 Å². The van der Waals surface area contributed by atoms with Gasteiger partial charge in [0.2, 0.25) is 6.10 Å². The third kappa shape index (κ3) is 2.72. The minimum absolute atomic E-state index is 0.0148. The van der Waals surface area contributed by atoms with Crippen molar-refractivity contribution in [2.24, 2.45) is 12.2 Å². The number of nitrogens with zero attached hydrogens (tertiary/aromatic N) is 4. The van der Waals surface area contributed by atoms with Gasteiger partial charge in [0.05, 0.1) is 6.54 Å². The predicted octanol–water partition coefficient (Wildman–Crippen LogP) is -0.392. The molecule has 0 saturated carbocycles. The molecular weight excluding hydrogens is 252 g/mol. The molecule has 1 aromatic heterocycles. The van der Waals surface area contributed by atoms with E-state index in [1.54, 1.807) is 24.0 Å². The summed E-state index contributed by atoms with van der Waals surface area (Å²) in [5.74, 6) is -0.752. The van der Waals surface area contributed by atoms with E-state index >= 15 is 0 Å². The van der Waals surface area contributed by atoms with Crippen LogP contribution in [0.25, 0.3) is 0 Å². The molecule has 0 aromatic carbocycles. The van der Waals surface area contributed by atoms with Gasteiger partial charge in [0.1, 0.15) is 5.82 Å². The first-order chi connectivity index (χ1) is 8.99. The van der Waals surface area contributed by atoms with Crippen LogP contribution in [0.1, 0.15) is 12.2 Å². The lowest BCUT2D eigenvalue weighted by atomic mass is 10.1. The first-order valence-corrected chi connectivity index (χ1v) is 5.66. The molecule has 1 aliphatic rings. The zero-order chi connectivity index (χ0) is 14.0. The van der Waals surface area contributed by atoms with Crippen molar-refractivity contribution in [1.82, 2.24) is 14.5 Å². The van der Waals surface area contributed by atoms with Crippen LogP contribution in [0.4, 0.5) is 0 Å². The van der Waals surface area contributed by atoms with Gasteiger partial charge in [-0.25, -0.2) is 9.78 Å². The van der Waals surface area contributed by atoms with E-state index < -0.39 is 12.1 Å². The standard InChI is InChI=1S/C11H14N4O4/c1-14-4-3-12-9(14)6-15(2)10(16)8-5-7(11(17)18)13-19-8/h3-4,8H,5-6H2,1-2H3,(H,17,18). The van der Waals surface area contributed by atoms with Crippen molar-refractivity contribution in [3.63, 3.8) is 0 Å². The van der Waals surface area contributed by atoms with Crippen LogP contribution in [-0.2, 0) is 28.0 Å². The number of carbonyl (C=O) groups is 2. The first-order valence-electron chi connectivity index (χ1n) is 5.66. The monoisotopic (exact) mass is 266 g/mol. The van der Waals surface area contributed by atoms with Crippen LogP contribution in [0.5, 0.6) is 0 Å². The number of hydrogen-bond donors (Lipinski definition) is 1. The van der Waals surface area contributed by atoms with Gasteiger partial charge in [-0.3, -0.25) is 4.79 Å². The number of carbonyl (C=O) groups excluding carboxylic acids is 1. The molecule has 0 saturated heterocycles. The van der Waals surface area contributed by atoms with Crippen LogP contribution in [0.3, 0.4) is 0 Å². The van der Waals surface area contributed by atoms with E-state index in [2.05, 4.69) is 10.1 Å². The number of imidazole rings is 1. The first kappa shape index (κ1) is 13.1. The highest BCUT2D eigenvalue weighted by Gasteiger charge is 2.33. The summed E-state index contributed by atoms with van der Waals surface area (Å²) < 4.78 is 1.80. The molecular formula is C11H14N4O4. The molecule has 2 rings (SSSR count). The summed E-state index contributed by atoms with van der Waals surface area (Å²) in [6.45, 7) is 0.324. The Bertz CT molecular complexity index is 537. The lowest BCUT2D eigenvalue weighted by molar-refractivity contribution is -0.141. The van der Waals surface area contributed by atoms with E-state index in [4.69, 9.17) is 9.94 Å². The van der Waals surface area contributed by atoms with Gasteiger partial charge in [0, 0.05) is 32.9 Å². The van der Waals surface area contributed by atoms with Crippen molar-refractivity contribution in [3.05, 3.63) is 18.2 Å². The van der Waals surface area contributed by atoms with Gasteiger partial charge in [-0.1, -0.05) is 5.16 Å². The molecule has 2 heterocycles. The average Bonchev–Trinajstić information content (AvgIpc) is 2.98. The van der Waals surface area contributed by atoms with Crippen molar-refractivity contribution in [3.8, 4) is 0 Å². The molecule has 1 amide bonds. The number of aromatic nitrogens is 2. The Balaban J connectivity index is 1.94. The van der Waals surface area contributed by atoms with Crippen LogP contribution in [0.2, 0.25) is 0 Å². The van der Waals surface area contributed by atoms with Crippen molar-refractivity contribution >= 4 is 17.6 Å². The number of amides is 1. The summed E-state index contributed by atoms with van der Waals surface area (Å²) in [5, 5.41) is 12.1. The number of oxime groups is 1. The number of likely N-dealkylation sites (N-methyl/N-ethyl adjacent to an activating group) is 1. The van der Waals surface area contributed by atoms with Crippen molar-refractivity contribution < 1.29 is 19.5 Å². The Morgan fingerprint density at radius 1 is 1.63 bits per heavy atom. The minimum Gasteiger partial charge on any atom is -0.477 e. The Hall–Kier alpha value is -2.38. The molecule has 1 unspecified atom stereocenters. The van der Waals surface area contributed by atoms with E-state index in [1.807, 2.05) is 7.05 Å². The van der Waals surface area contributed by atoms with E-state index in [9.17, 15) is 9.59 Å². The number of aliphatic carboxylic acids is 1. The topological polar surface area (TPSA) is 97.0 Å². The summed E-state index contributed by atoms with van der Waals surface area (Å²) in [5.41, 5.74) is -0.135. The highest BCUT2D eigenvalue weighted by atomic mass is 16.6. The molecule has 102 valence electrons. The zero-order valence-electron chi connectivity index (χ0n) is 10.6. The van der Waals surface area contributed by atoms with E-state index in [-0.39, 0.29) is 18.0 Å². The quantitative estimate of drug-likeness (QED) is 0.800. The molecule has 8 nitrogen and oxygen atoms in total. The summed E-state index contributed by atoms with van der Waals surface area (Å²) >= 11 is 0. The van der Waals surface area contributed by atoms with Crippen molar-refractivity contribution in [2.75, 3.05) is 7.05 Å². The van der Waals surface area contributed by atoms with Crippen LogP contribution in [0.15, 0.2) is 17.5 Å². The number of aryl methyl sites for hydroxylation is 1. The van der Waals surface area contributed by atoms with Gasteiger partial charge < -0.3 is 19.4 Å². The largest absolute Gasteiger partial charge is 0.477 e. The molecule has 1 atom stereocenters. The molecule has 1 N–H and O–H groups in total. The highest BCUT2D eigenvalue weighted by Crippen LogP contribution is 2.14. The Labute approximate surface area is 109 Å². The summed E-state index contributed by atoms with van der Waals surface area (Å²) in [7, 11) is 3.44. The maximum absolute atomic E-state index is 12.0. The maximum Gasteiger partial charge on any atom is 0.353 e. The maximum atomic E-state index is 12.0. The second kappa shape index (κ2) is 5.09. The van der Waals surface area contributed by atoms with Crippen molar-refractivity contribution in [1.29, 1.82) is 0 Å². The number of carboxylic acid groups (broad SMARTS) is 1. The number of hydrogen-bond acceptors (Lipinski definition) is 5. The van der Waals surface area contributed by atoms with E-state index in [1.165, 1.54) is 4.90 Å². The Morgan fingerprint density at radius 2 is 2.37 bits per heavy atom. The van der Waals surface area contributed by atoms with E-state index in [0.717, 1.165) is 5.82 Å². The van der Waals surface area contributed by atoms with Gasteiger partial charge in [-0.2, -0.15) is 0 Å². The third-order valence-corrected chi connectivity index (χ3v) is 2.87. The minimum atomic E-state index is -1.16. The number of carboxylic acids is 1. The van der Waals surface area contributed by atoms with Crippen LogP contribution >= 0.6 is 0 Å². The second-order valence-electron chi connectivity index (χ2n) is 4.29. The fourth-order valence-corrected chi connectivity index (χ4v) is 1.72. The lowest BCUT2D eigenvalue weighted by Gasteiger charge is -2.19. The normalized spacial score (nSPS) is 17.8. The molecule has 0 radical (unpaired) electrons. The second-order valence-corrected chi connectivity index (χ2v) is 4.29. The average molecular weight is 266 g/mol. The fourth-order valence-electron chi connectivity index (χ4n) is 1.72. The van der Waals surface area contributed by atoms with Crippen LogP contribution < -0.4 is 0 Å². The molecule has 0 spiro atoms. The van der Waals surface area contributed by atoms with E-state index in [0.29, 0.717) is 6.54 Å². The van der Waals surface area contributed by atoms with Crippen LogP contribution in [-0.4, -0.2) is 50.3 Å². The fraction of sp³-hybridized carbons (Fsp3) is 0.455. The van der Waals surface area contributed by atoms with Gasteiger partial charge in [0.15, 0.2) is 5.71 Å². The SMILES string of the molecule is CN(Cc1nccn1C)C(=O)C1CC(C(=O)O)=NO1. The van der Waals surface area contributed by atoms with Gasteiger partial charge >= 0.3 is 5.97 Å².